The molecule has 0 unspecified atom stereocenters. The van der Waals surface area contributed by atoms with E-state index in [2.05, 4.69) is 10.3 Å². The van der Waals surface area contributed by atoms with Crippen LogP contribution < -0.4 is 10.7 Å². The lowest BCUT2D eigenvalue weighted by Crippen LogP contribution is -2.25. The Bertz CT molecular complexity index is 530. The first-order valence-corrected chi connectivity index (χ1v) is 6.76. The second kappa shape index (κ2) is 7.53. The first-order chi connectivity index (χ1) is 9.40. The molecule has 0 saturated carbocycles. The van der Waals surface area contributed by atoms with Gasteiger partial charge in [-0.1, -0.05) is 19.9 Å². The lowest BCUT2D eigenvalue weighted by molar-refractivity contribution is -0.116. The molecule has 1 heterocycles. The van der Waals surface area contributed by atoms with Crippen LogP contribution in [0.5, 0.6) is 0 Å². The number of carbonyl (C=O) groups excluding carboxylic acids is 1. The maximum Gasteiger partial charge on any atom is 0.243 e. The topological polar surface area (TPSA) is 66.6 Å². The van der Waals surface area contributed by atoms with E-state index in [9.17, 15) is 10.0 Å². The minimum Gasteiger partial charge on any atom is -0.428 e. The molecular formula is C15H23N3O2. The molecule has 5 heteroatoms. The van der Waals surface area contributed by atoms with E-state index in [1.54, 1.807) is 18.2 Å². The molecule has 0 aromatic carbocycles. The molecule has 110 valence electrons. The second-order valence-corrected chi connectivity index (χ2v) is 5.08. The van der Waals surface area contributed by atoms with Crippen LogP contribution in [0.15, 0.2) is 29.3 Å². The summed E-state index contributed by atoms with van der Waals surface area (Å²) >= 11 is 0. The Morgan fingerprint density at radius 3 is 2.55 bits per heavy atom. The number of aryl methyl sites for hydroxylation is 2. The van der Waals surface area contributed by atoms with Crippen molar-refractivity contribution in [3.63, 3.8) is 0 Å². The first kappa shape index (κ1) is 16.0. The fourth-order valence-electron chi connectivity index (χ4n) is 1.66. The Balaban J connectivity index is 2.52. The molecule has 0 radical (unpaired) electrons. The molecule has 1 aromatic rings. The van der Waals surface area contributed by atoms with E-state index in [0.29, 0.717) is 19.0 Å². The Kier molecular flexibility index (Phi) is 6.03. The number of aromatic nitrogens is 1. The minimum atomic E-state index is -0.0949. The lowest BCUT2D eigenvalue weighted by Gasteiger charge is -2.06. The maximum atomic E-state index is 11.4. The predicted molar refractivity (Wildman–Crippen MR) is 78.5 cm³/mol. The highest BCUT2D eigenvalue weighted by molar-refractivity contribution is 5.87. The number of allylic oxidation sites excluding steroid dienone is 1. The van der Waals surface area contributed by atoms with Gasteiger partial charge in [-0.3, -0.25) is 9.79 Å². The highest BCUT2D eigenvalue weighted by atomic mass is 16.5. The Morgan fingerprint density at radius 2 is 2.00 bits per heavy atom. The molecule has 0 atom stereocenters. The van der Waals surface area contributed by atoms with Crippen LogP contribution in [0, 0.1) is 19.8 Å². The number of hydrogen-bond donors (Lipinski definition) is 2. The quantitative estimate of drug-likeness (QED) is 0.487. The molecule has 5 nitrogen and oxygen atoms in total. The maximum absolute atomic E-state index is 11.4. The molecule has 0 spiro atoms. The third-order valence-electron chi connectivity index (χ3n) is 2.72. The second-order valence-electron chi connectivity index (χ2n) is 5.08. The van der Waals surface area contributed by atoms with Gasteiger partial charge >= 0.3 is 0 Å². The van der Waals surface area contributed by atoms with Crippen LogP contribution in [0.25, 0.3) is 0 Å². The molecule has 0 aliphatic rings. The van der Waals surface area contributed by atoms with Crippen LogP contribution in [0.1, 0.15) is 25.2 Å². The summed E-state index contributed by atoms with van der Waals surface area (Å²) in [6.07, 6.45) is 3.41. The fourth-order valence-corrected chi connectivity index (χ4v) is 1.66. The zero-order valence-corrected chi connectivity index (χ0v) is 12.6. The van der Waals surface area contributed by atoms with Crippen LogP contribution in [-0.2, 0) is 4.79 Å². The summed E-state index contributed by atoms with van der Waals surface area (Å²) in [7, 11) is 0. The molecule has 1 aromatic heterocycles. The SMILES string of the molecule is Cc1cc(=NCCNC(=O)/C=C/C(C)C)cc(C)n1O. The number of hydrogen-bond acceptors (Lipinski definition) is 3. The van der Waals surface area contributed by atoms with Crippen molar-refractivity contribution in [2.75, 3.05) is 13.1 Å². The minimum absolute atomic E-state index is 0.0949. The summed E-state index contributed by atoms with van der Waals surface area (Å²) in [4.78, 5) is 15.8. The highest BCUT2D eigenvalue weighted by Gasteiger charge is 1.97. The van der Waals surface area contributed by atoms with E-state index in [4.69, 9.17) is 0 Å². The van der Waals surface area contributed by atoms with Gasteiger partial charge in [-0.25, -0.2) is 0 Å². The summed E-state index contributed by atoms with van der Waals surface area (Å²) < 4.78 is 1.12. The van der Waals surface area contributed by atoms with E-state index < -0.39 is 0 Å². The number of rotatable bonds is 5. The van der Waals surface area contributed by atoms with Crippen LogP contribution in [0.4, 0.5) is 0 Å². The van der Waals surface area contributed by atoms with E-state index in [1.807, 2.05) is 33.8 Å². The van der Waals surface area contributed by atoms with Crippen molar-refractivity contribution in [3.05, 3.63) is 41.0 Å². The molecule has 2 N–H and O–H groups in total. The van der Waals surface area contributed by atoms with E-state index in [1.165, 1.54) is 0 Å². The van der Waals surface area contributed by atoms with Crippen molar-refractivity contribution in [1.82, 2.24) is 10.0 Å². The molecule has 0 fully saturated rings. The average Bonchev–Trinajstić information content (AvgIpc) is 2.38. The zero-order chi connectivity index (χ0) is 15.1. The normalized spacial score (nSPS) is 11.1. The molecule has 20 heavy (non-hydrogen) atoms. The Labute approximate surface area is 119 Å². The third kappa shape index (κ3) is 5.30. The van der Waals surface area contributed by atoms with Crippen molar-refractivity contribution < 1.29 is 10.0 Å². The van der Waals surface area contributed by atoms with Crippen molar-refractivity contribution in [1.29, 1.82) is 0 Å². The zero-order valence-electron chi connectivity index (χ0n) is 12.6. The van der Waals surface area contributed by atoms with E-state index in [0.717, 1.165) is 21.5 Å². The average molecular weight is 277 g/mol. The standard InChI is InChI=1S/C15H23N3O2/c1-11(2)5-6-15(19)17-8-7-16-14-9-12(3)18(20)13(4)10-14/h5-6,9-11,20H,7-8H2,1-4H3,(H,17,19)/b6-5+. The van der Waals surface area contributed by atoms with Gasteiger partial charge in [-0.15, -0.1) is 0 Å². The summed E-state index contributed by atoms with van der Waals surface area (Å²) in [6.45, 7) is 8.66. The smallest absolute Gasteiger partial charge is 0.243 e. The van der Waals surface area contributed by atoms with Gasteiger partial charge in [0, 0.05) is 6.54 Å². The van der Waals surface area contributed by atoms with Gasteiger partial charge in [0.1, 0.15) is 0 Å². The van der Waals surface area contributed by atoms with Crippen LogP contribution in [0.2, 0.25) is 0 Å². The summed E-state index contributed by atoms with van der Waals surface area (Å²) in [5.74, 6) is 0.272. The van der Waals surface area contributed by atoms with Crippen LogP contribution in [0.3, 0.4) is 0 Å². The van der Waals surface area contributed by atoms with Gasteiger partial charge < -0.3 is 10.5 Å². The molecule has 0 saturated heterocycles. The van der Waals surface area contributed by atoms with E-state index >= 15 is 0 Å². The van der Waals surface area contributed by atoms with Gasteiger partial charge in [-0.05, 0) is 38.0 Å². The summed E-state index contributed by atoms with van der Waals surface area (Å²) in [5, 5.41) is 13.2. The van der Waals surface area contributed by atoms with Crippen molar-refractivity contribution in [2.24, 2.45) is 10.9 Å². The van der Waals surface area contributed by atoms with E-state index in [-0.39, 0.29) is 5.91 Å². The van der Waals surface area contributed by atoms with Crippen molar-refractivity contribution in [2.45, 2.75) is 27.7 Å². The van der Waals surface area contributed by atoms with Crippen LogP contribution >= 0.6 is 0 Å². The summed E-state index contributed by atoms with van der Waals surface area (Å²) in [5.41, 5.74) is 1.46. The predicted octanol–water partition coefficient (Wildman–Crippen LogP) is 1.57. The van der Waals surface area contributed by atoms with Crippen LogP contribution in [-0.4, -0.2) is 28.9 Å². The molecular weight excluding hydrogens is 254 g/mol. The summed E-state index contributed by atoms with van der Waals surface area (Å²) in [6, 6.07) is 3.60. The van der Waals surface area contributed by atoms with Crippen molar-refractivity contribution >= 4 is 5.91 Å². The number of amides is 1. The van der Waals surface area contributed by atoms with Gasteiger partial charge in [0.05, 0.1) is 23.3 Å². The molecule has 1 amide bonds. The number of carbonyl (C=O) groups is 1. The van der Waals surface area contributed by atoms with Gasteiger partial charge in [-0.2, -0.15) is 4.73 Å². The number of pyridine rings is 1. The molecule has 1 rings (SSSR count). The first-order valence-electron chi connectivity index (χ1n) is 6.76. The van der Waals surface area contributed by atoms with Gasteiger partial charge in [0.15, 0.2) is 0 Å². The Hall–Kier alpha value is -2.04. The fraction of sp³-hybridized carbons (Fsp3) is 0.467. The molecule has 0 bridgehead atoms. The number of nitrogens with one attached hydrogen (secondary N) is 1. The lowest BCUT2D eigenvalue weighted by atomic mass is 10.2. The Morgan fingerprint density at radius 1 is 1.40 bits per heavy atom. The number of nitrogens with zero attached hydrogens (tertiary/aromatic N) is 2. The molecule has 0 aliphatic carbocycles. The van der Waals surface area contributed by atoms with Crippen molar-refractivity contribution in [3.8, 4) is 0 Å². The largest absolute Gasteiger partial charge is 0.428 e. The highest BCUT2D eigenvalue weighted by Crippen LogP contribution is 1.96. The van der Waals surface area contributed by atoms with Gasteiger partial charge in [0.2, 0.25) is 5.91 Å². The van der Waals surface area contributed by atoms with Gasteiger partial charge in [0.25, 0.3) is 0 Å². The third-order valence-corrected chi connectivity index (χ3v) is 2.72. The molecule has 0 aliphatic heterocycles. The monoisotopic (exact) mass is 277 g/mol.